The van der Waals surface area contributed by atoms with Gasteiger partial charge in [-0.05, 0) is 50.6 Å². The van der Waals surface area contributed by atoms with Gasteiger partial charge in [-0.1, -0.05) is 45.1 Å². The predicted molar refractivity (Wildman–Crippen MR) is 93.4 cm³/mol. The first-order valence-corrected chi connectivity index (χ1v) is 8.19. The van der Waals surface area contributed by atoms with Crippen LogP contribution < -0.4 is 0 Å². The molecule has 0 aromatic heterocycles. The molecule has 2 nitrogen and oxygen atoms in total. The van der Waals surface area contributed by atoms with Crippen molar-refractivity contribution in [2.45, 2.75) is 53.0 Å². The summed E-state index contributed by atoms with van der Waals surface area (Å²) < 4.78 is 0. The van der Waals surface area contributed by atoms with Crippen molar-refractivity contribution in [3.8, 4) is 0 Å². The second kappa shape index (κ2) is 11.5. The van der Waals surface area contributed by atoms with E-state index in [4.69, 9.17) is 0 Å². The molecule has 3 atom stereocenters. The number of rotatable bonds is 4. The van der Waals surface area contributed by atoms with E-state index in [1.165, 1.54) is 13.0 Å². The molecule has 1 fully saturated rings. The highest BCUT2D eigenvalue weighted by molar-refractivity contribution is 5.71. The minimum Gasteiger partial charge on any atom is -0.299 e. The van der Waals surface area contributed by atoms with Gasteiger partial charge in [0.25, 0.3) is 0 Å². The third-order valence-electron chi connectivity index (χ3n) is 3.89. The summed E-state index contributed by atoms with van der Waals surface area (Å²) in [7, 11) is 2.23. The van der Waals surface area contributed by atoms with E-state index in [-0.39, 0.29) is 0 Å². The Morgan fingerprint density at radius 1 is 1.33 bits per heavy atom. The molecule has 3 unspecified atom stereocenters. The lowest BCUT2D eigenvalue weighted by Gasteiger charge is -2.43. The first-order valence-electron chi connectivity index (χ1n) is 8.19. The Balaban J connectivity index is 0.000000344. The van der Waals surface area contributed by atoms with Crippen molar-refractivity contribution in [2.75, 3.05) is 13.6 Å². The van der Waals surface area contributed by atoms with Crippen LogP contribution in [0.25, 0.3) is 0 Å². The molecule has 0 N–H and O–H groups in total. The molecule has 0 aromatic rings. The number of piperidine rings is 1. The van der Waals surface area contributed by atoms with Crippen molar-refractivity contribution >= 4 is 6.29 Å². The molecule has 0 spiro atoms. The molecule has 3 aliphatic rings. The van der Waals surface area contributed by atoms with Gasteiger partial charge in [0, 0.05) is 12.6 Å². The van der Waals surface area contributed by atoms with Crippen LogP contribution in [-0.2, 0) is 4.79 Å². The van der Waals surface area contributed by atoms with E-state index in [0.717, 1.165) is 42.6 Å². The summed E-state index contributed by atoms with van der Waals surface area (Å²) in [5, 5.41) is 0. The molecule has 1 aliphatic carbocycles. The minimum absolute atomic E-state index is 0.741. The summed E-state index contributed by atoms with van der Waals surface area (Å²) >= 11 is 0. The number of carbonyl (C=O) groups is 1. The molecule has 1 saturated heterocycles. The lowest BCUT2D eigenvalue weighted by atomic mass is 9.79. The van der Waals surface area contributed by atoms with Crippen molar-refractivity contribution < 1.29 is 4.79 Å². The van der Waals surface area contributed by atoms with Crippen molar-refractivity contribution in [3.63, 3.8) is 0 Å². The van der Waals surface area contributed by atoms with Crippen molar-refractivity contribution in [1.29, 1.82) is 0 Å². The first-order chi connectivity index (χ1) is 10.1. The highest BCUT2D eigenvalue weighted by atomic mass is 16.1. The molecule has 2 heterocycles. The molecule has 0 radical (unpaired) electrons. The normalized spacial score (nSPS) is 27.1. The van der Waals surface area contributed by atoms with Gasteiger partial charge in [0.05, 0.1) is 0 Å². The molecule has 2 heteroatoms. The van der Waals surface area contributed by atoms with Crippen molar-refractivity contribution in [1.82, 2.24) is 4.90 Å². The Hall–Kier alpha value is -1.15. The number of hydrogen-bond donors (Lipinski definition) is 0. The highest BCUT2D eigenvalue weighted by Crippen LogP contribution is 2.32. The van der Waals surface area contributed by atoms with Crippen LogP contribution in [0.3, 0.4) is 0 Å². The Morgan fingerprint density at radius 3 is 2.38 bits per heavy atom. The van der Waals surface area contributed by atoms with Gasteiger partial charge in [-0.25, -0.2) is 0 Å². The summed E-state index contributed by atoms with van der Waals surface area (Å²) in [5.74, 6) is 1.73. The van der Waals surface area contributed by atoms with Gasteiger partial charge in [0.2, 0.25) is 0 Å². The summed E-state index contributed by atoms with van der Waals surface area (Å²) in [6.45, 7) is 13.0. The fourth-order valence-electron chi connectivity index (χ4n) is 2.84. The van der Waals surface area contributed by atoms with Crippen LogP contribution in [0.15, 0.2) is 36.5 Å². The quantitative estimate of drug-likeness (QED) is 0.325. The molecular weight excluding hydrogens is 258 g/mol. The fourth-order valence-corrected chi connectivity index (χ4v) is 2.84. The number of carbonyl (C=O) groups excluding carboxylic acids is 1. The molecule has 0 saturated carbocycles. The highest BCUT2D eigenvalue weighted by Gasteiger charge is 2.32. The molecule has 21 heavy (non-hydrogen) atoms. The lowest BCUT2D eigenvalue weighted by molar-refractivity contribution is -0.104. The van der Waals surface area contributed by atoms with E-state index in [1.807, 2.05) is 26.0 Å². The third-order valence-corrected chi connectivity index (χ3v) is 3.89. The number of unbranched alkanes of at least 4 members (excludes halogenated alkanes) is 1. The second-order valence-corrected chi connectivity index (χ2v) is 5.72. The van der Waals surface area contributed by atoms with Crippen LogP contribution in [-0.4, -0.2) is 30.8 Å². The van der Waals surface area contributed by atoms with E-state index in [1.54, 1.807) is 6.92 Å². The standard InChI is InChI=1S/C9H15N.C8H12O.C2H6/c1-7-5-8-3-4-9(7)10(2)6-8;1-3-4-5-6-8(2)7-9;1-2/h3-4,7-9H,5-6H2,1-2H3;3,6-7H,1,4-5H2,2H3;1-2H3/b;8-6+;. The largest absolute Gasteiger partial charge is 0.299 e. The number of aldehydes is 1. The fraction of sp³-hybridized carbons (Fsp3) is 0.632. The van der Waals surface area contributed by atoms with Gasteiger partial charge in [-0.3, -0.25) is 9.69 Å². The van der Waals surface area contributed by atoms with E-state index in [9.17, 15) is 4.79 Å². The van der Waals surface area contributed by atoms with Gasteiger partial charge < -0.3 is 0 Å². The van der Waals surface area contributed by atoms with Crippen LogP contribution in [0.5, 0.6) is 0 Å². The van der Waals surface area contributed by atoms with Gasteiger partial charge in [-0.2, -0.15) is 0 Å². The van der Waals surface area contributed by atoms with Gasteiger partial charge in [-0.15, -0.1) is 6.58 Å². The SMILES string of the molecule is C=CCC/C=C(\C)C=O.CC.CC1CC2C=CC1N(C)C2. The van der Waals surface area contributed by atoms with E-state index in [0.29, 0.717) is 0 Å². The second-order valence-electron chi connectivity index (χ2n) is 5.72. The molecule has 2 bridgehead atoms. The number of hydrogen-bond acceptors (Lipinski definition) is 2. The topological polar surface area (TPSA) is 20.3 Å². The zero-order chi connectivity index (χ0) is 16.3. The molecular formula is C19H33NO. The zero-order valence-corrected chi connectivity index (χ0v) is 14.5. The van der Waals surface area contributed by atoms with Crippen molar-refractivity contribution in [3.05, 3.63) is 36.5 Å². The predicted octanol–water partition coefficient (Wildman–Crippen LogP) is 4.64. The van der Waals surface area contributed by atoms with E-state index >= 15 is 0 Å². The summed E-state index contributed by atoms with van der Waals surface area (Å²) in [5.41, 5.74) is 0.803. The molecule has 120 valence electrons. The Morgan fingerprint density at radius 2 is 2.00 bits per heavy atom. The van der Waals surface area contributed by atoms with Gasteiger partial charge >= 0.3 is 0 Å². The average molecular weight is 291 g/mol. The van der Waals surface area contributed by atoms with Gasteiger partial charge in [0.1, 0.15) is 6.29 Å². The monoisotopic (exact) mass is 291 g/mol. The minimum atomic E-state index is 0.741. The zero-order valence-electron chi connectivity index (χ0n) is 14.5. The van der Waals surface area contributed by atoms with Crippen LogP contribution in [0.1, 0.15) is 47.0 Å². The van der Waals surface area contributed by atoms with Gasteiger partial charge in [0.15, 0.2) is 0 Å². The Bertz CT molecular complexity index is 345. The van der Waals surface area contributed by atoms with E-state index in [2.05, 4.69) is 37.6 Å². The van der Waals surface area contributed by atoms with Crippen LogP contribution in [0.2, 0.25) is 0 Å². The van der Waals surface area contributed by atoms with Crippen LogP contribution in [0.4, 0.5) is 0 Å². The van der Waals surface area contributed by atoms with Crippen LogP contribution >= 0.6 is 0 Å². The molecule has 2 aliphatic heterocycles. The first kappa shape index (κ1) is 19.9. The number of likely N-dealkylation sites (N-methyl/N-ethyl adjacent to an activating group) is 1. The maximum absolute atomic E-state index is 10.0. The third kappa shape index (κ3) is 7.42. The van der Waals surface area contributed by atoms with Crippen LogP contribution in [0, 0.1) is 11.8 Å². The lowest BCUT2D eigenvalue weighted by Crippen LogP contribution is -2.47. The van der Waals surface area contributed by atoms with E-state index < -0.39 is 0 Å². The number of nitrogens with zero attached hydrogens (tertiary/aromatic N) is 1. The Kier molecular flexibility index (Phi) is 10.9. The Labute approximate surface area is 131 Å². The molecule has 0 aromatic carbocycles. The summed E-state index contributed by atoms with van der Waals surface area (Å²) in [6.07, 6.45) is 12.7. The summed E-state index contributed by atoms with van der Waals surface area (Å²) in [4.78, 5) is 12.5. The number of allylic oxidation sites excluding steroid dienone is 3. The number of fused-ring (bicyclic) bond motifs is 2. The molecule has 3 rings (SSSR count). The maximum Gasteiger partial charge on any atom is 0.145 e. The van der Waals surface area contributed by atoms with Crippen molar-refractivity contribution in [2.24, 2.45) is 11.8 Å². The summed E-state index contributed by atoms with van der Waals surface area (Å²) in [6, 6.07) is 0.741. The molecule has 0 amide bonds. The maximum atomic E-state index is 10.0. The average Bonchev–Trinajstić information content (AvgIpc) is 2.50. The smallest absolute Gasteiger partial charge is 0.145 e.